The number of Topliss-reactive ketones (excluding diaryl/α,β-unsaturated/α-hetero) is 1. The molecular formula is C17H25NO3. The van der Waals surface area contributed by atoms with Crippen LogP contribution in [0.5, 0.6) is 5.75 Å². The van der Waals surface area contributed by atoms with E-state index in [-0.39, 0.29) is 17.7 Å². The predicted molar refractivity (Wildman–Crippen MR) is 83.8 cm³/mol. The van der Waals surface area contributed by atoms with Gasteiger partial charge in [0.25, 0.3) is 5.91 Å². The standard InChI is InChI=1S/C17H25NO3/c1-6-15(7-2)18-17(20)13(5)21-16-9-8-14(12(4)19)10-11(16)3/h8-10,13,15H,6-7H2,1-5H3,(H,18,20). The number of amides is 1. The number of carbonyl (C=O) groups excluding carboxylic acids is 2. The van der Waals surface area contributed by atoms with Crippen molar-refractivity contribution in [3.63, 3.8) is 0 Å². The molecule has 1 rings (SSSR count). The van der Waals surface area contributed by atoms with Crippen LogP contribution in [0.2, 0.25) is 0 Å². The molecule has 21 heavy (non-hydrogen) atoms. The summed E-state index contributed by atoms with van der Waals surface area (Å²) in [5, 5.41) is 2.97. The normalized spacial score (nSPS) is 12.1. The third-order valence-electron chi connectivity index (χ3n) is 3.59. The third-order valence-corrected chi connectivity index (χ3v) is 3.59. The van der Waals surface area contributed by atoms with E-state index in [1.807, 2.05) is 20.8 Å². The number of nitrogens with one attached hydrogen (secondary N) is 1. The quantitative estimate of drug-likeness (QED) is 0.784. The van der Waals surface area contributed by atoms with Gasteiger partial charge in [-0.2, -0.15) is 0 Å². The summed E-state index contributed by atoms with van der Waals surface area (Å²) in [6, 6.07) is 5.43. The Balaban J connectivity index is 2.72. The third kappa shape index (κ3) is 4.88. The second-order valence-electron chi connectivity index (χ2n) is 5.32. The molecular weight excluding hydrogens is 266 g/mol. The topological polar surface area (TPSA) is 55.4 Å². The summed E-state index contributed by atoms with van der Waals surface area (Å²) in [4.78, 5) is 23.4. The van der Waals surface area contributed by atoms with Gasteiger partial charge in [-0.25, -0.2) is 0 Å². The van der Waals surface area contributed by atoms with Crippen molar-refractivity contribution >= 4 is 11.7 Å². The fourth-order valence-corrected chi connectivity index (χ4v) is 2.06. The highest BCUT2D eigenvalue weighted by atomic mass is 16.5. The van der Waals surface area contributed by atoms with Crippen LogP contribution >= 0.6 is 0 Å². The minimum Gasteiger partial charge on any atom is -0.481 e. The van der Waals surface area contributed by atoms with E-state index in [9.17, 15) is 9.59 Å². The molecule has 0 heterocycles. The van der Waals surface area contributed by atoms with E-state index in [0.717, 1.165) is 18.4 Å². The summed E-state index contributed by atoms with van der Waals surface area (Å²) in [5.41, 5.74) is 1.50. The number of ketones is 1. The average molecular weight is 291 g/mol. The molecule has 0 saturated carbocycles. The van der Waals surface area contributed by atoms with E-state index in [0.29, 0.717) is 11.3 Å². The fraction of sp³-hybridized carbons (Fsp3) is 0.529. The minimum absolute atomic E-state index is 0.0178. The summed E-state index contributed by atoms with van der Waals surface area (Å²) in [6.07, 6.45) is 1.25. The van der Waals surface area contributed by atoms with Crippen molar-refractivity contribution in [3.05, 3.63) is 29.3 Å². The SMILES string of the molecule is CCC(CC)NC(=O)C(C)Oc1ccc(C(C)=O)cc1C. The molecule has 0 bridgehead atoms. The van der Waals surface area contributed by atoms with Crippen molar-refractivity contribution in [2.24, 2.45) is 0 Å². The van der Waals surface area contributed by atoms with Crippen LogP contribution in [0.4, 0.5) is 0 Å². The molecule has 1 amide bonds. The Morgan fingerprint density at radius 1 is 1.24 bits per heavy atom. The van der Waals surface area contributed by atoms with E-state index in [2.05, 4.69) is 5.32 Å². The van der Waals surface area contributed by atoms with Gasteiger partial charge in [-0.1, -0.05) is 13.8 Å². The molecule has 1 N–H and O–H groups in total. The van der Waals surface area contributed by atoms with Crippen molar-refractivity contribution in [1.29, 1.82) is 0 Å². The number of carbonyl (C=O) groups is 2. The van der Waals surface area contributed by atoms with Gasteiger partial charge in [-0.3, -0.25) is 9.59 Å². The molecule has 4 nitrogen and oxygen atoms in total. The lowest BCUT2D eigenvalue weighted by Gasteiger charge is -2.20. The number of hydrogen-bond donors (Lipinski definition) is 1. The van der Waals surface area contributed by atoms with Gasteiger partial charge in [0, 0.05) is 11.6 Å². The Labute approximate surface area is 126 Å². The van der Waals surface area contributed by atoms with Crippen molar-refractivity contribution in [3.8, 4) is 5.75 Å². The van der Waals surface area contributed by atoms with Gasteiger partial charge in [-0.05, 0) is 57.4 Å². The van der Waals surface area contributed by atoms with Gasteiger partial charge in [0.1, 0.15) is 5.75 Å². The summed E-state index contributed by atoms with van der Waals surface area (Å²) in [6.45, 7) is 9.22. The van der Waals surface area contributed by atoms with Crippen LogP contribution in [0.15, 0.2) is 18.2 Å². The second kappa shape index (κ2) is 7.81. The second-order valence-corrected chi connectivity index (χ2v) is 5.32. The van der Waals surface area contributed by atoms with E-state index in [1.165, 1.54) is 6.92 Å². The molecule has 1 aromatic carbocycles. The Kier molecular flexibility index (Phi) is 6.40. The highest BCUT2D eigenvalue weighted by Gasteiger charge is 2.18. The Bertz CT molecular complexity index is 507. The van der Waals surface area contributed by atoms with Crippen LogP contribution in [-0.2, 0) is 4.79 Å². The van der Waals surface area contributed by atoms with Gasteiger partial charge in [-0.15, -0.1) is 0 Å². The van der Waals surface area contributed by atoms with Crippen LogP contribution < -0.4 is 10.1 Å². The average Bonchev–Trinajstić information content (AvgIpc) is 2.46. The number of benzene rings is 1. The van der Waals surface area contributed by atoms with Gasteiger partial charge in [0.2, 0.25) is 0 Å². The molecule has 1 atom stereocenters. The lowest BCUT2D eigenvalue weighted by atomic mass is 10.1. The maximum atomic E-state index is 12.1. The van der Waals surface area contributed by atoms with E-state index in [4.69, 9.17) is 4.74 Å². The highest BCUT2D eigenvalue weighted by molar-refractivity contribution is 5.94. The van der Waals surface area contributed by atoms with Crippen LogP contribution in [-0.4, -0.2) is 23.8 Å². The zero-order valence-corrected chi connectivity index (χ0v) is 13.5. The zero-order chi connectivity index (χ0) is 16.0. The van der Waals surface area contributed by atoms with Crippen molar-refractivity contribution in [2.45, 2.75) is 59.6 Å². The first-order valence-electron chi connectivity index (χ1n) is 7.47. The monoisotopic (exact) mass is 291 g/mol. The first-order valence-corrected chi connectivity index (χ1v) is 7.47. The zero-order valence-electron chi connectivity index (χ0n) is 13.5. The van der Waals surface area contributed by atoms with Crippen LogP contribution in [0, 0.1) is 6.92 Å². The van der Waals surface area contributed by atoms with E-state index in [1.54, 1.807) is 25.1 Å². The predicted octanol–water partition coefficient (Wildman–Crippen LogP) is 3.27. The Morgan fingerprint density at radius 2 is 1.86 bits per heavy atom. The Hall–Kier alpha value is -1.84. The Morgan fingerprint density at radius 3 is 2.33 bits per heavy atom. The van der Waals surface area contributed by atoms with Crippen molar-refractivity contribution in [1.82, 2.24) is 5.32 Å². The summed E-state index contributed by atoms with van der Waals surface area (Å²) in [7, 11) is 0. The lowest BCUT2D eigenvalue weighted by molar-refractivity contribution is -0.128. The highest BCUT2D eigenvalue weighted by Crippen LogP contribution is 2.20. The van der Waals surface area contributed by atoms with Crippen LogP contribution in [0.1, 0.15) is 56.5 Å². The van der Waals surface area contributed by atoms with E-state index >= 15 is 0 Å². The van der Waals surface area contributed by atoms with Gasteiger partial charge in [0.05, 0.1) is 0 Å². The van der Waals surface area contributed by atoms with Gasteiger partial charge < -0.3 is 10.1 Å². The van der Waals surface area contributed by atoms with Crippen molar-refractivity contribution in [2.75, 3.05) is 0 Å². The molecule has 4 heteroatoms. The van der Waals surface area contributed by atoms with Crippen LogP contribution in [0.3, 0.4) is 0 Å². The molecule has 0 fully saturated rings. The molecule has 0 saturated heterocycles. The summed E-state index contributed by atoms with van der Waals surface area (Å²) >= 11 is 0. The lowest BCUT2D eigenvalue weighted by Crippen LogP contribution is -2.42. The minimum atomic E-state index is -0.563. The molecule has 116 valence electrons. The molecule has 0 radical (unpaired) electrons. The van der Waals surface area contributed by atoms with Gasteiger partial charge >= 0.3 is 0 Å². The largest absolute Gasteiger partial charge is 0.481 e. The first-order chi connectivity index (χ1) is 9.88. The van der Waals surface area contributed by atoms with Crippen molar-refractivity contribution < 1.29 is 14.3 Å². The molecule has 0 aromatic heterocycles. The summed E-state index contributed by atoms with van der Waals surface area (Å²) < 4.78 is 5.71. The van der Waals surface area contributed by atoms with E-state index < -0.39 is 6.10 Å². The number of rotatable bonds is 7. The molecule has 0 aliphatic carbocycles. The summed E-state index contributed by atoms with van der Waals surface area (Å²) in [5.74, 6) is 0.537. The first kappa shape index (κ1) is 17.2. The fourth-order valence-electron chi connectivity index (χ4n) is 2.06. The molecule has 0 aliphatic heterocycles. The number of aryl methyl sites for hydroxylation is 1. The molecule has 1 aromatic rings. The number of ether oxygens (including phenoxy) is 1. The molecule has 0 spiro atoms. The molecule has 0 aliphatic rings. The van der Waals surface area contributed by atoms with Crippen LogP contribution in [0.25, 0.3) is 0 Å². The maximum absolute atomic E-state index is 12.1. The smallest absolute Gasteiger partial charge is 0.260 e. The van der Waals surface area contributed by atoms with Gasteiger partial charge in [0.15, 0.2) is 11.9 Å². The molecule has 1 unspecified atom stereocenters. The number of hydrogen-bond acceptors (Lipinski definition) is 3. The maximum Gasteiger partial charge on any atom is 0.260 e.